The summed E-state index contributed by atoms with van der Waals surface area (Å²) in [7, 11) is 0. The van der Waals surface area contributed by atoms with Crippen molar-refractivity contribution >= 4 is 10.8 Å². The molecular formula is C24H36N+. The molecule has 0 saturated carbocycles. The molecule has 1 aliphatic rings. The van der Waals surface area contributed by atoms with Crippen LogP contribution in [-0.4, -0.2) is 5.54 Å². The first-order valence-corrected chi connectivity index (χ1v) is 9.72. The van der Waals surface area contributed by atoms with Gasteiger partial charge in [-0.3, -0.25) is 0 Å². The molecule has 136 valence electrons. The molecular weight excluding hydrogens is 302 g/mol. The second kappa shape index (κ2) is 5.58. The average molecular weight is 339 g/mol. The molecule has 0 radical (unpaired) electrons. The molecule has 0 saturated heterocycles. The summed E-state index contributed by atoms with van der Waals surface area (Å²) in [6.07, 6.45) is 0. The van der Waals surface area contributed by atoms with E-state index in [9.17, 15) is 0 Å². The van der Waals surface area contributed by atoms with Gasteiger partial charge >= 0.3 is 0 Å². The average Bonchev–Trinajstić information content (AvgIpc) is 2.43. The van der Waals surface area contributed by atoms with Gasteiger partial charge in [-0.05, 0) is 65.6 Å². The Morgan fingerprint density at radius 3 is 1.36 bits per heavy atom. The van der Waals surface area contributed by atoms with E-state index in [1.54, 1.807) is 4.90 Å². The van der Waals surface area contributed by atoms with E-state index < -0.39 is 0 Å². The number of hydrogen-bond acceptors (Lipinski definition) is 0. The maximum atomic E-state index is 2.48. The van der Waals surface area contributed by atoms with Gasteiger partial charge in [-0.25, -0.2) is 0 Å². The van der Waals surface area contributed by atoms with Gasteiger partial charge in [0.1, 0.15) is 13.1 Å². The molecule has 0 atom stereocenters. The molecule has 1 aliphatic heterocycles. The zero-order valence-electron chi connectivity index (χ0n) is 17.7. The Morgan fingerprint density at radius 2 is 1.04 bits per heavy atom. The van der Waals surface area contributed by atoms with Gasteiger partial charge in [0.25, 0.3) is 0 Å². The second-order valence-electron chi connectivity index (χ2n) is 11.1. The third-order valence-corrected chi connectivity index (χ3v) is 5.81. The lowest BCUT2D eigenvalue weighted by Gasteiger charge is -2.37. The highest BCUT2D eigenvalue weighted by Crippen LogP contribution is 2.35. The molecule has 0 aliphatic carbocycles. The Labute approximate surface area is 154 Å². The van der Waals surface area contributed by atoms with Crippen molar-refractivity contribution in [2.24, 2.45) is 0 Å². The third kappa shape index (κ3) is 3.49. The van der Waals surface area contributed by atoms with Crippen molar-refractivity contribution < 1.29 is 4.90 Å². The minimum Gasteiger partial charge on any atom is -0.323 e. The molecule has 2 aromatic carbocycles. The van der Waals surface area contributed by atoms with E-state index in [0.717, 1.165) is 13.1 Å². The van der Waals surface area contributed by atoms with Crippen LogP contribution in [0.1, 0.15) is 84.6 Å². The molecule has 1 N–H and O–H groups in total. The van der Waals surface area contributed by atoms with Crippen LogP contribution >= 0.6 is 0 Å². The number of hydrogen-bond donors (Lipinski definition) is 1. The fourth-order valence-corrected chi connectivity index (χ4v) is 3.90. The highest BCUT2D eigenvalue weighted by atomic mass is 15.2. The van der Waals surface area contributed by atoms with Crippen molar-refractivity contribution in [3.63, 3.8) is 0 Å². The van der Waals surface area contributed by atoms with E-state index in [1.807, 2.05) is 0 Å². The van der Waals surface area contributed by atoms with Gasteiger partial charge < -0.3 is 4.90 Å². The number of benzene rings is 2. The molecule has 1 nitrogen and oxygen atoms in total. The third-order valence-electron chi connectivity index (χ3n) is 5.81. The minimum atomic E-state index is 0.182. The lowest BCUT2D eigenvalue weighted by Crippen LogP contribution is -3.17. The molecule has 1 heterocycles. The van der Waals surface area contributed by atoms with Crippen LogP contribution in [-0.2, 0) is 23.9 Å². The highest BCUT2D eigenvalue weighted by molar-refractivity contribution is 5.91. The Kier molecular flexibility index (Phi) is 4.12. The Hall–Kier alpha value is -1.34. The molecule has 0 amide bonds. The van der Waals surface area contributed by atoms with E-state index in [4.69, 9.17) is 0 Å². The molecule has 25 heavy (non-hydrogen) atoms. The van der Waals surface area contributed by atoms with Crippen molar-refractivity contribution in [2.45, 2.75) is 91.8 Å². The first kappa shape index (κ1) is 18.5. The Morgan fingerprint density at radius 1 is 0.640 bits per heavy atom. The summed E-state index contributed by atoms with van der Waals surface area (Å²) < 4.78 is 0. The first-order chi connectivity index (χ1) is 11.3. The van der Waals surface area contributed by atoms with Gasteiger partial charge in [-0.1, -0.05) is 53.7 Å². The molecule has 3 rings (SSSR count). The van der Waals surface area contributed by atoms with Crippen LogP contribution in [0.25, 0.3) is 10.8 Å². The predicted molar refractivity (Wildman–Crippen MR) is 109 cm³/mol. The maximum Gasteiger partial charge on any atom is 0.104 e. The smallest absolute Gasteiger partial charge is 0.104 e. The van der Waals surface area contributed by atoms with Crippen LogP contribution in [0.15, 0.2) is 24.3 Å². The summed E-state index contributed by atoms with van der Waals surface area (Å²) >= 11 is 0. The van der Waals surface area contributed by atoms with E-state index in [1.165, 1.54) is 33.0 Å². The summed E-state index contributed by atoms with van der Waals surface area (Å²) in [6, 6.07) is 9.85. The van der Waals surface area contributed by atoms with E-state index >= 15 is 0 Å². The molecule has 0 fully saturated rings. The maximum absolute atomic E-state index is 2.48. The summed E-state index contributed by atoms with van der Waals surface area (Å²) in [4.78, 5) is 1.67. The number of quaternary nitrogens is 1. The quantitative estimate of drug-likeness (QED) is 0.679. The van der Waals surface area contributed by atoms with E-state index in [-0.39, 0.29) is 16.4 Å². The summed E-state index contributed by atoms with van der Waals surface area (Å²) in [5.74, 6) is 0. The largest absolute Gasteiger partial charge is 0.323 e. The van der Waals surface area contributed by atoms with E-state index in [2.05, 4.69) is 86.6 Å². The molecule has 0 aromatic heterocycles. The van der Waals surface area contributed by atoms with Gasteiger partial charge in [-0.15, -0.1) is 0 Å². The first-order valence-electron chi connectivity index (χ1n) is 9.72. The molecule has 2 aromatic rings. The molecule has 1 heteroatoms. The molecule has 0 bridgehead atoms. The number of nitrogens with one attached hydrogen (secondary N) is 1. The minimum absolute atomic E-state index is 0.182. The van der Waals surface area contributed by atoms with Gasteiger partial charge in [0, 0.05) is 11.1 Å². The topological polar surface area (TPSA) is 4.44 Å². The van der Waals surface area contributed by atoms with Crippen LogP contribution in [0.3, 0.4) is 0 Å². The van der Waals surface area contributed by atoms with Crippen LogP contribution in [0, 0.1) is 0 Å². The van der Waals surface area contributed by atoms with Crippen LogP contribution in [0.5, 0.6) is 0 Å². The van der Waals surface area contributed by atoms with Crippen molar-refractivity contribution in [1.29, 1.82) is 0 Å². The van der Waals surface area contributed by atoms with E-state index in [0.29, 0.717) is 0 Å². The lowest BCUT2D eigenvalue weighted by atomic mass is 9.79. The zero-order chi connectivity index (χ0) is 18.8. The molecule has 0 spiro atoms. The normalized spacial score (nSPS) is 16.5. The van der Waals surface area contributed by atoms with Gasteiger partial charge in [-0.2, -0.15) is 0 Å². The second-order valence-corrected chi connectivity index (χ2v) is 11.1. The van der Waals surface area contributed by atoms with Gasteiger partial charge in [0.15, 0.2) is 0 Å². The van der Waals surface area contributed by atoms with Crippen molar-refractivity contribution in [3.8, 4) is 0 Å². The van der Waals surface area contributed by atoms with Crippen molar-refractivity contribution in [3.05, 3.63) is 46.5 Å². The van der Waals surface area contributed by atoms with Gasteiger partial charge in [0.2, 0.25) is 0 Å². The monoisotopic (exact) mass is 338 g/mol. The fourth-order valence-electron chi connectivity index (χ4n) is 3.90. The number of rotatable bonds is 0. The van der Waals surface area contributed by atoms with Crippen molar-refractivity contribution in [2.75, 3.05) is 0 Å². The van der Waals surface area contributed by atoms with Crippen LogP contribution in [0.2, 0.25) is 0 Å². The standard InChI is InChI=1S/C24H35N/c1-22(2,3)19-10-16-11-20(23(4,5)6)13-18-15-25(24(7,8)9)14-17(12-19)21(16)18/h10-13H,14-15H2,1-9H3/p+1. The SMILES string of the molecule is CC(C)(C)c1cc2c3c(cc(C(C)(C)C)cc3c1)C[NH+](C(C)(C)C)C2. The highest BCUT2D eigenvalue weighted by Gasteiger charge is 2.32. The predicted octanol–water partition coefficient (Wildman–Crippen LogP) is 5.13. The zero-order valence-corrected chi connectivity index (χ0v) is 17.7. The van der Waals surface area contributed by atoms with Crippen LogP contribution in [0.4, 0.5) is 0 Å². The lowest BCUT2D eigenvalue weighted by molar-refractivity contribution is -0.973. The summed E-state index contributed by atoms with van der Waals surface area (Å²) in [5.41, 5.74) is 6.62. The van der Waals surface area contributed by atoms with Crippen molar-refractivity contribution in [1.82, 2.24) is 0 Å². The molecule has 0 unspecified atom stereocenters. The Balaban J connectivity index is 2.30. The Bertz CT molecular complexity index is 748. The van der Waals surface area contributed by atoms with Crippen LogP contribution < -0.4 is 4.90 Å². The summed E-state index contributed by atoms with van der Waals surface area (Å²) in [5, 5.41) is 2.96. The van der Waals surface area contributed by atoms with Gasteiger partial charge in [0.05, 0.1) is 5.54 Å². The summed E-state index contributed by atoms with van der Waals surface area (Å²) in [6.45, 7) is 23.3. The fraction of sp³-hybridized carbons (Fsp3) is 0.583.